The van der Waals surface area contributed by atoms with Gasteiger partial charge in [0, 0.05) is 6.54 Å². The summed E-state index contributed by atoms with van der Waals surface area (Å²) in [7, 11) is 0. The minimum absolute atomic E-state index is 0.147. The molecule has 1 heterocycles. The van der Waals surface area contributed by atoms with Crippen molar-refractivity contribution in [2.45, 2.75) is 38.2 Å². The zero-order chi connectivity index (χ0) is 11.5. The SMILES string of the molecule is CC1(C)OCC(NCC(O)C(F)F)CO1. The predicted molar refractivity (Wildman–Crippen MR) is 49.8 cm³/mol. The van der Waals surface area contributed by atoms with Gasteiger partial charge in [-0.05, 0) is 13.8 Å². The molecule has 0 radical (unpaired) electrons. The number of hydrogen-bond acceptors (Lipinski definition) is 4. The molecule has 1 aliphatic rings. The summed E-state index contributed by atoms with van der Waals surface area (Å²) in [6.07, 6.45) is -4.36. The third kappa shape index (κ3) is 4.38. The molecule has 6 heteroatoms. The molecule has 1 unspecified atom stereocenters. The first-order valence-corrected chi connectivity index (χ1v) is 4.88. The summed E-state index contributed by atoms with van der Waals surface area (Å²) >= 11 is 0. The second kappa shape index (κ2) is 5.16. The first-order valence-electron chi connectivity index (χ1n) is 4.88. The van der Waals surface area contributed by atoms with E-state index in [2.05, 4.69) is 5.32 Å². The standard InChI is InChI=1S/C9H17F2NO3/c1-9(2)14-4-6(5-15-9)12-3-7(13)8(10)11/h6-8,12-13H,3-5H2,1-2H3. The zero-order valence-electron chi connectivity index (χ0n) is 8.87. The second-order valence-corrected chi connectivity index (χ2v) is 4.03. The zero-order valence-corrected chi connectivity index (χ0v) is 8.87. The van der Waals surface area contributed by atoms with E-state index in [1.165, 1.54) is 0 Å². The van der Waals surface area contributed by atoms with Crippen LogP contribution in [-0.2, 0) is 9.47 Å². The molecule has 2 N–H and O–H groups in total. The number of nitrogens with one attached hydrogen (secondary N) is 1. The molecule has 0 amide bonds. The molecule has 1 saturated heterocycles. The van der Waals surface area contributed by atoms with Gasteiger partial charge in [-0.1, -0.05) is 0 Å². The first kappa shape index (κ1) is 12.8. The Kier molecular flexibility index (Phi) is 4.39. The van der Waals surface area contributed by atoms with Crippen molar-refractivity contribution >= 4 is 0 Å². The van der Waals surface area contributed by atoms with Gasteiger partial charge in [0.05, 0.1) is 19.3 Å². The Hall–Kier alpha value is -0.300. The highest BCUT2D eigenvalue weighted by atomic mass is 19.3. The number of aliphatic hydroxyl groups excluding tert-OH is 1. The minimum atomic E-state index is -2.72. The molecule has 0 saturated carbocycles. The van der Waals surface area contributed by atoms with E-state index in [9.17, 15) is 8.78 Å². The van der Waals surface area contributed by atoms with Crippen LogP contribution in [0.15, 0.2) is 0 Å². The molecule has 1 aliphatic heterocycles. The van der Waals surface area contributed by atoms with Crippen LogP contribution in [0.5, 0.6) is 0 Å². The van der Waals surface area contributed by atoms with Gasteiger partial charge in [0.15, 0.2) is 5.79 Å². The second-order valence-electron chi connectivity index (χ2n) is 4.03. The lowest BCUT2D eigenvalue weighted by atomic mass is 10.2. The quantitative estimate of drug-likeness (QED) is 0.725. The normalized spacial score (nSPS) is 24.4. The molecule has 0 bridgehead atoms. The van der Waals surface area contributed by atoms with Crippen molar-refractivity contribution in [3.05, 3.63) is 0 Å². The van der Waals surface area contributed by atoms with Crippen molar-refractivity contribution in [1.29, 1.82) is 0 Å². The lowest BCUT2D eigenvalue weighted by Gasteiger charge is -2.35. The van der Waals surface area contributed by atoms with Crippen molar-refractivity contribution in [3.8, 4) is 0 Å². The molecular formula is C9H17F2NO3. The van der Waals surface area contributed by atoms with Gasteiger partial charge in [-0.3, -0.25) is 0 Å². The van der Waals surface area contributed by atoms with Gasteiger partial charge in [0.25, 0.3) is 6.43 Å². The fourth-order valence-electron chi connectivity index (χ4n) is 1.19. The van der Waals surface area contributed by atoms with E-state index in [0.717, 1.165) is 0 Å². The van der Waals surface area contributed by atoms with Crippen LogP contribution < -0.4 is 5.32 Å². The fourth-order valence-corrected chi connectivity index (χ4v) is 1.19. The van der Waals surface area contributed by atoms with Crippen LogP contribution in [0.25, 0.3) is 0 Å². The Labute approximate surface area is 87.6 Å². The number of hydrogen-bond donors (Lipinski definition) is 2. The number of ether oxygens (including phenoxy) is 2. The van der Waals surface area contributed by atoms with E-state index < -0.39 is 18.3 Å². The maximum atomic E-state index is 12.0. The highest BCUT2D eigenvalue weighted by Crippen LogP contribution is 2.16. The van der Waals surface area contributed by atoms with Crippen LogP contribution in [0, 0.1) is 0 Å². The monoisotopic (exact) mass is 225 g/mol. The summed E-state index contributed by atoms with van der Waals surface area (Å²) in [5.41, 5.74) is 0. The summed E-state index contributed by atoms with van der Waals surface area (Å²) in [5.74, 6) is -0.612. The summed E-state index contributed by atoms with van der Waals surface area (Å²) in [6, 6.07) is -0.147. The molecule has 0 aromatic carbocycles. The topological polar surface area (TPSA) is 50.7 Å². The van der Waals surface area contributed by atoms with Crippen molar-refractivity contribution < 1.29 is 23.4 Å². The van der Waals surface area contributed by atoms with Crippen molar-refractivity contribution in [2.75, 3.05) is 19.8 Å². The van der Waals surface area contributed by atoms with E-state index in [0.29, 0.717) is 13.2 Å². The number of halogens is 2. The van der Waals surface area contributed by atoms with Crippen molar-refractivity contribution in [2.24, 2.45) is 0 Å². The van der Waals surface area contributed by atoms with Crippen LogP contribution in [0.3, 0.4) is 0 Å². The third-order valence-electron chi connectivity index (χ3n) is 2.17. The van der Waals surface area contributed by atoms with Crippen molar-refractivity contribution in [3.63, 3.8) is 0 Å². The largest absolute Gasteiger partial charge is 0.386 e. The highest BCUT2D eigenvalue weighted by Gasteiger charge is 2.28. The summed E-state index contributed by atoms with van der Waals surface area (Å²) in [5, 5.41) is 11.6. The van der Waals surface area contributed by atoms with E-state index in [-0.39, 0.29) is 12.6 Å². The van der Waals surface area contributed by atoms with Gasteiger partial charge in [-0.15, -0.1) is 0 Å². The summed E-state index contributed by atoms with van der Waals surface area (Å²) in [6.45, 7) is 4.20. The number of aliphatic hydroxyl groups is 1. The van der Waals surface area contributed by atoms with Crippen LogP contribution in [0.4, 0.5) is 8.78 Å². The molecule has 0 aromatic heterocycles. The van der Waals surface area contributed by atoms with Crippen molar-refractivity contribution in [1.82, 2.24) is 5.32 Å². The van der Waals surface area contributed by atoms with Gasteiger partial charge >= 0.3 is 0 Å². The Morgan fingerprint density at radius 2 is 1.93 bits per heavy atom. The first-order chi connectivity index (χ1) is 6.91. The predicted octanol–water partition coefficient (Wildman–Crippen LogP) is 0.353. The molecule has 0 aromatic rings. The highest BCUT2D eigenvalue weighted by molar-refractivity contribution is 4.75. The molecule has 4 nitrogen and oxygen atoms in total. The average molecular weight is 225 g/mol. The van der Waals surface area contributed by atoms with Gasteiger partial charge in [0.1, 0.15) is 6.10 Å². The molecule has 1 fully saturated rings. The van der Waals surface area contributed by atoms with Gasteiger partial charge < -0.3 is 19.9 Å². The molecule has 1 atom stereocenters. The maximum absolute atomic E-state index is 12.0. The van der Waals surface area contributed by atoms with E-state index in [4.69, 9.17) is 14.6 Å². The average Bonchev–Trinajstić information content (AvgIpc) is 2.15. The smallest absolute Gasteiger partial charge is 0.265 e. The van der Waals surface area contributed by atoms with Crippen LogP contribution in [0.2, 0.25) is 0 Å². The van der Waals surface area contributed by atoms with Crippen LogP contribution >= 0.6 is 0 Å². The van der Waals surface area contributed by atoms with Gasteiger partial charge in [-0.2, -0.15) is 0 Å². The van der Waals surface area contributed by atoms with E-state index >= 15 is 0 Å². The lowest BCUT2D eigenvalue weighted by molar-refractivity contribution is -0.253. The fraction of sp³-hybridized carbons (Fsp3) is 1.00. The Bertz CT molecular complexity index is 192. The summed E-state index contributed by atoms with van der Waals surface area (Å²) in [4.78, 5) is 0. The molecule has 0 aliphatic carbocycles. The Morgan fingerprint density at radius 1 is 1.40 bits per heavy atom. The molecular weight excluding hydrogens is 208 g/mol. The number of rotatable bonds is 4. The molecule has 15 heavy (non-hydrogen) atoms. The Morgan fingerprint density at radius 3 is 2.40 bits per heavy atom. The molecule has 0 spiro atoms. The number of alkyl halides is 2. The maximum Gasteiger partial charge on any atom is 0.265 e. The third-order valence-corrected chi connectivity index (χ3v) is 2.17. The van der Waals surface area contributed by atoms with Crippen LogP contribution in [0.1, 0.15) is 13.8 Å². The summed E-state index contributed by atoms with van der Waals surface area (Å²) < 4.78 is 34.5. The van der Waals surface area contributed by atoms with E-state index in [1.54, 1.807) is 13.8 Å². The lowest BCUT2D eigenvalue weighted by Crippen LogP contribution is -2.50. The molecule has 1 rings (SSSR count). The van der Waals surface area contributed by atoms with Gasteiger partial charge in [0.2, 0.25) is 0 Å². The minimum Gasteiger partial charge on any atom is -0.386 e. The van der Waals surface area contributed by atoms with Gasteiger partial charge in [-0.25, -0.2) is 8.78 Å². The van der Waals surface area contributed by atoms with Crippen LogP contribution in [-0.4, -0.2) is 49.2 Å². The van der Waals surface area contributed by atoms with E-state index in [1.807, 2.05) is 0 Å². The Balaban J connectivity index is 2.19. The molecule has 90 valence electrons.